The van der Waals surface area contributed by atoms with Crippen LogP contribution < -0.4 is 10.1 Å². The number of hydrogen-bond donors (Lipinski definition) is 1. The molecule has 5 heteroatoms. The molecule has 0 spiro atoms. The van der Waals surface area contributed by atoms with E-state index < -0.39 is 0 Å². The van der Waals surface area contributed by atoms with Crippen molar-refractivity contribution in [1.29, 1.82) is 0 Å². The van der Waals surface area contributed by atoms with Gasteiger partial charge in [-0.2, -0.15) is 0 Å². The van der Waals surface area contributed by atoms with Gasteiger partial charge in [0, 0.05) is 6.54 Å². The Bertz CT molecular complexity index is 739. The van der Waals surface area contributed by atoms with Gasteiger partial charge in [-0.3, -0.25) is 0 Å². The van der Waals surface area contributed by atoms with Gasteiger partial charge in [0.25, 0.3) is 0 Å². The second-order valence-corrected chi connectivity index (χ2v) is 5.38. The summed E-state index contributed by atoms with van der Waals surface area (Å²) in [5, 5.41) is 6.60. The smallest absolute Gasteiger partial charge is 0.138 e. The number of anilines is 1. The number of rotatable bonds is 4. The Morgan fingerprint density at radius 1 is 1.30 bits per heavy atom. The third kappa shape index (κ3) is 2.44. The van der Waals surface area contributed by atoms with Crippen LogP contribution in [0.3, 0.4) is 0 Å². The maximum atomic E-state index is 5.23. The number of nitrogens with one attached hydrogen (secondary N) is 1. The van der Waals surface area contributed by atoms with Gasteiger partial charge in [-0.25, -0.2) is 9.97 Å². The third-order valence-electron chi connectivity index (χ3n) is 3.15. The van der Waals surface area contributed by atoms with E-state index in [9.17, 15) is 0 Å². The number of hydrogen-bond acceptors (Lipinski definition) is 5. The van der Waals surface area contributed by atoms with Crippen molar-refractivity contribution in [2.45, 2.75) is 13.5 Å². The van der Waals surface area contributed by atoms with E-state index in [1.54, 1.807) is 24.8 Å². The maximum Gasteiger partial charge on any atom is 0.138 e. The molecule has 0 saturated heterocycles. The molecule has 3 aromatic rings. The summed E-state index contributed by atoms with van der Waals surface area (Å²) < 4.78 is 5.23. The van der Waals surface area contributed by atoms with Gasteiger partial charge in [0.1, 0.15) is 22.7 Å². The van der Waals surface area contributed by atoms with Crippen LogP contribution in [0.4, 0.5) is 5.82 Å². The Hall–Kier alpha value is -2.14. The highest BCUT2D eigenvalue weighted by atomic mass is 32.1. The lowest BCUT2D eigenvalue weighted by molar-refractivity contribution is 0.414. The maximum absolute atomic E-state index is 5.23. The van der Waals surface area contributed by atoms with E-state index in [2.05, 4.69) is 33.7 Å². The van der Waals surface area contributed by atoms with E-state index in [4.69, 9.17) is 4.74 Å². The van der Waals surface area contributed by atoms with Gasteiger partial charge in [-0.15, -0.1) is 11.3 Å². The van der Waals surface area contributed by atoms with E-state index in [0.29, 0.717) is 6.54 Å². The molecule has 0 atom stereocenters. The Morgan fingerprint density at radius 3 is 3.05 bits per heavy atom. The predicted octanol–water partition coefficient (Wildman–Crippen LogP) is 3.62. The number of methoxy groups -OCH3 is 1. The summed E-state index contributed by atoms with van der Waals surface area (Å²) in [6.07, 6.45) is 1.60. The minimum Gasteiger partial charge on any atom is -0.497 e. The summed E-state index contributed by atoms with van der Waals surface area (Å²) in [5.41, 5.74) is 2.36. The van der Waals surface area contributed by atoms with E-state index in [0.717, 1.165) is 27.3 Å². The number of aromatic nitrogens is 2. The topological polar surface area (TPSA) is 47.0 Å². The van der Waals surface area contributed by atoms with Crippen molar-refractivity contribution in [1.82, 2.24) is 9.97 Å². The molecule has 0 bridgehead atoms. The van der Waals surface area contributed by atoms with E-state index in [1.807, 2.05) is 18.2 Å². The number of benzene rings is 1. The van der Waals surface area contributed by atoms with Gasteiger partial charge in [0.2, 0.25) is 0 Å². The second kappa shape index (κ2) is 5.46. The fourth-order valence-electron chi connectivity index (χ4n) is 2.12. The molecule has 0 fully saturated rings. The summed E-state index contributed by atoms with van der Waals surface area (Å²) in [6, 6.07) is 8.01. The van der Waals surface area contributed by atoms with Gasteiger partial charge < -0.3 is 10.1 Å². The van der Waals surface area contributed by atoms with Crippen LogP contribution in [0.25, 0.3) is 10.2 Å². The molecule has 2 heterocycles. The highest BCUT2D eigenvalue weighted by Crippen LogP contribution is 2.28. The van der Waals surface area contributed by atoms with Crippen LogP contribution in [-0.4, -0.2) is 17.1 Å². The predicted molar refractivity (Wildman–Crippen MR) is 82.5 cm³/mol. The van der Waals surface area contributed by atoms with Crippen LogP contribution in [0.5, 0.6) is 5.75 Å². The van der Waals surface area contributed by atoms with Crippen molar-refractivity contribution in [3.8, 4) is 5.75 Å². The van der Waals surface area contributed by atoms with Crippen molar-refractivity contribution in [3.05, 3.63) is 47.1 Å². The molecule has 0 saturated carbocycles. The number of nitrogens with zero attached hydrogens (tertiary/aromatic N) is 2. The van der Waals surface area contributed by atoms with Crippen LogP contribution in [0.2, 0.25) is 0 Å². The fraction of sp³-hybridized carbons (Fsp3) is 0.200. The molecule has 0 radical (unpaired) electrons. The molecule has 102 valence electrons. The first-order chi connectivity index (χ1) is 9.78. The summed E-state index contributed by atoms with van der Waals surface area (Å²) >= 11 is 1.64. The van der Waals surface area contributed by atoms with E-state index in [-0.39, 0.29) is 0 Å². The number of aryl methyl sites for hydroxylation is 1. The molecular formula is C15H15N3OS. The summed E-state index contributed by atoms with van der Waals surface area (Å²) in [5.74, 6) is 1.75. The monoisotopic (exact) mass is 285 g/mol. The first kappa shape index (κ1) is 12.9. The molecule has 2 aromatic heterocycles. The first-order valence-electron chi connectivity index (χ1n) is 6.33. The van der Waals surface area contributed by atoms with Crippen molar-refractivity contribution in [2.75, 3.05) is 12.4 Å². The molecule has 0 aliphatic rings. The minimum atomic E-state index is 0.707. The first-order valence-corrected chi connectivity index (χ1v) is 7.21. The Morgan fingerprint density at radius 2 is 2.20 bits per heavy atom. The third-order valence-corrected chi connectivity index (χ3v) is 4.15. The highest BCUT2D eigenvalue weighted by molar-refractivity contribution is 7.17. The van der Waals surface area contributed by atoms with Crippen molar-refractivity contribution >= 4 is 27.4 Å². The highest BCUT2D eigenvalue weighted by Gasteiger charge is 2.08. The summed E-state index contributed by atoms with van der Waals surface area (Å²) in [7, 11) is 1.68. The molecule has 4 nitrogen and oxygen atoms in total. The standard InChI is InChI=1S/C15H15N3OS/c1-10-8-20-15-13(10)14(17-9-18-15)16-7-11-4-3-5-12(6-11)19-2/h3-6,8-9H,7H2,1-2H3,(H,16,17,18). The average Bonchev–Trinajstić information content (AvgIpc) is 2.88. The molecule has 0 aliphatic carbocycles. The zero-order valence-corrected chi connectivity index (χ0v) is 12.2. The number of fused-ring (bicyclic) bond motifs is 1. The lowest BCUT2D eigenvalue weighted by atomic mass is 10.2. The SMILES string of the molecule is COc1cccc(CNc2ncnc3scc(C)c23)c1. The summed E-state index contributed by atoms with van der Waals surface area (Å²) in [6.45, 7) is 2.79. The van der Waals surface area contributed by atoms with E-state index >= 15 is 0 Å². The molecule has 1 N–H and O–H groups in total. The van der Waals surface area contributed by atoms with Gasteiger partial charge in [0.05, 0.1) is 12.5 Å². The Labute approximate surface area is 121 Å². The van der Waals surface area contributed by atoms with Gasteiger partial charge in [-0.1, -0.05) is 12.1 Å². The fourth-order valence-corrected chi connectivity index (χ4v) is 3.01. The van der Waals surface area contributed by atoms with Crippen LogP contribution in [-0.2, 0) is 6.54 Å². The molecule has 0 amide bonds. The largest absolute Gasteiger partial charge is 0.497 e. The number of thiophene rings is 1. The van der Waals surface area contributed by atoms with Gasteiger partial charge in [-0.05, 0) is 35.6 Å². The second-order valence-electron chi connectivity index (χ2n) is 4.53. The quantitative estimate of drug-likeness (QED) is 0.795. The zero-order chi connectivity index (χ0) is 13.9. The van der Waals surface area contributed by atoms with Crippen LogP contribution in [0.15, 0.2) is 36.0 Å². The van der Waals surface area contributed by atoms with Crippen molar-refractivity contribution in [2.24, 2.45) is 0 Å². The Balaban J connectivity index is 1.84. The molecule has 0 unspecified atom stereocenters. The van der Waals surface area contributed by atoms with Crippen LogP contribution in [0, 0.1) is 6.92 Å². The van der Waals surface area contributed by atoms with E-state index in [1.165, 1.54) is 5.56 Å². The molecule has 1 aromatic carbocycles. The normalized spacial score (nSPS) is 10.7. The number of ether oxygens (including phenoxy) is 1. The lowest BCUT2D eigenvalue weighted by Gasteiger charge is -2.08. The van der Waals surface area contributed by atoms with Crippen LogP contribution >= 0.6 is 11.3 Å². The summed E-state index contributed by atoms with van der Waals surface area (Å²) in [4.78, 5) is 9.66. The molecule has 20 heavy (non-hydrogen) atoms. The molecule has 3 rings (SSSR count). The minimum absolute atomic E-state index is 0.707. The van der Waals surface area contributed by atoms with Crippen molar-refractivity contribution < 1.29 is 4.74 Å². The van der Waals surface area contributed by atoms with Gasteiger partial charge >= 0.3 is 0 Å². The average molecular weight is 285 g/mol. The zero-order valence-electron chi connectivity index (χ0n) is 11.4. The molecule has 0 aliphatic heterocycles. The lowest BCUT2D eigenvalue weighted by Crippen LogP contribution is -2.02. The van der Waals surface area contributed by atoms with Crippen molar-refractivity contribution in [3.63, 3.8) is 0 Å². The van der Waals surface area contributed by atoms with Gasteiger partial charge in [0.15, 0.2) is 0 Å². The Kier molecular flexibility index (Phi) is 3.52. The molecular weight excluding hydrogens is 270 g/mol. The van der Waals surface area contributed by atoms with Crippen LogP contribution in [0.1, 0.15) is 11.1 Å².